The Morgan fingerprint density at radius 2 is 1.57 bits per heavy atom. The third kappa shape index (κ3) is 4.15. The molecule has 2 aliphatic heterocycles. The summed E-state index contributed by atoms with van der Waals surface area (Å²) in [6, 6.07) is 6.13. The van der Waals surface area contributed by atoms with Crippen molar-refractivity contribution >= 4 is 17.7 Å². The number of benzene rings is 1. The fourth-order valence-corrected chi connectivity index (χ4v) is 5.28. The zero-order valence-electron chi connectivity index (χ0n) is 18.1. The molecule has 0 spiro atoms. The number of imide groups is 1. The van der Waals surface area contributed by atoms with Gasteiger partial charge in [0.05, 0.1) is 11.1 Å². The molecule has 30 heavy (non-hydrogen) atoms. The third-order valence-electron chi connectivity index (χ3n) is 6.93. The quantitative estimate of drug-likeness (QED) is 0.731. The van der Waals surface area contributed by atoms with Crippen LogP contribution in [0.4, 0.5) is 0 Å². The van der Waals surface area contributed by atoms with Crippen molar-refractivity contribution in [1.29, 1.82) is 0 Å². The minimum atomic E-state index is -0.783. The summed E-state index contributed by atoms with van der Waals surface area (Å²) in [7, 11) is 0. The van der Waals surface area contributed by atoms with Crippen molar-refractivity contribution in [2.75, 3.05) is 19.6 Å². The van der Waals surface area contributed by atoms with Crippen LogP contribution in [0.1, 0.15) is 73.1 Å². The van der Waals surface area contributed by atoms with Crippen molar-refractivity contribution in [3.8, 4) is 0 Å². The summed E-state index contributed by atoms with van der Waals surface area (Å²) in [5, 5.41) is 3.15. The standard InChI is InChI=1S/C24H33N3O3/c1-16(2)21(27-23(29)19-9-5-6-10-20(19)24(27)30)22(28)25-18-11-13-26(14-12-18)15-17-7-3-4-8-17/h5-6,9-10,16-18,21H,3-4,7-8,11-15H2,1-2H3,(H,25,28). The van der Waals surface area contributed by atoms with Gasteiger partial charge in [0.2, 0.25) is 5.91 Å². The van der Waals surface area contributed by atoms with E-state index in [2.05, 4.69) is 10.2 Å². The number of piperidine rings is 1. The van der Waals surface area contributed by atoms with Crippen molar-refractivity contribution in [3.63, 3.8) is 0 Å². The van der Waals surface area contributed by atoms with Gasteiger partial charge in [0.25, 0.3) is 11.8 Å². The number of likely N-dealkylation sites (tertiary alicyclic amines) is 1. The Hall–Kier alpha value is -2.21. The van der Waals surface area contributed by atoms with E-state index in [9.17, 15) is 14.4 Å². The van der Waals surface area contributed by atoms with E-state index < -0.39 is 6.04 Å². The first-order chi connectivity index (χ1) is 14.5. The molecular weight excluding hydrogens is 378 g/mol. The van der Waals surface area contributed by atoms with Gasteiger partial charge in [-0.05, 0) is 49.7 Å². The van der Waals surface area contributed by atoms with E-state index in [1.165, 1.54) is 37.1 Å². The topological polar surface area (TPSA) is 69.7 Å². The minimum Gasteiger partial charge on any atom is -0.351 e. The van der Waals surface area contributed by atoms with Crippen LogP contribution >= 0.6 is 0 Å². The molecule has 1 aromatic rings. The molecule has 1 saturated heterocycles. The number of rotatable bonds is 6. The number of nitrogens with zero attached hydrogens (tertiary/aromatic N) is 2. The van der Waals surface area contributed by atoms with E-state index in [4.69, 9.17) is 0 Å². The number of amides is 3. The average Bonchev–Trinajstić information content (AvgIpc) is 3.32. The van der Waals surface area contributed by atoms with Gasteiger partial charge in [-0.2, -0.15) is 0 Å². The zero-order valence-corrected chi connectivity index (χ0v) is 18.1. The molecule has 6 nitrogen and oxygen atoms in total. The highest BCUT2D eigenvalue weighted by atomic mass is 16.2. The van der Waals surface area contributed by atoms with Crippen LogP contribution in [-0.2, 0) is 4.79 Å². The van der Waals surface area contributed by atoms with Crippen LogP contribution < -0.4 is 5.32 Å². The van der Waals surface area contributed by atoms with E-state index in [-0.39, 0.29) is 29.7 Å². The Balaban J connectivity index is 1.37. The molecule has 1 saturated carbocycles. The first-order valence-corrected chi connectivity index (χ1v) is 11.5. The van der Waals surface area contributed by atoms with Gasteiger partial charge in [-0.3, -0.25) is 19.3 Å². The number of carbonyl (C=O) groups is 3. The third-order valence-corrected chi connectivity index (χ3v) is 6.93. The van der Waals surface area contributed by atoms with E-state index >= 15 is 0 Å². The molecule has 0 bridgehead atoms. The van der Waals surface area contributed by atoms with Crippen LogP contribution in [0.15, 0.2) is 24.3 Å². The van der Waals surface area contributed by atoms with Crippen molar-refractivity contribution < 1.29 is 14.4 Å². The summed E-state index contributed by atoms with van der Waals surface area (Å²) in [5.41, 5.74) is 0.780. The summed E-state index contributed by atoms with van der Waals surface area (Å²) in [6.45, 7) is 6.96. The average molecular weight is 412 g/mol. The minimum absolute atomic E-state index is 0.105. The number of fused-ring (bicyclic) bond motifs is 1. The van der Waals surface area contributed by atoms with Crippen LogP contribution in [0.3, 0.4) is 0 Å². The fourth-order valence-electron chi connectivity index (χ4n) is 5.28. The summed E-state index contributed by atoms with van der Waals surface area (Å²) >= 11 is 0. The molecule has 6 heteroatoms. The Labute approximate surface area is 179 Å². The summed E-state index contributed by atoms with van der Waals surface area (Å²) in [5.74, 6) is -0.259. The fraction of sp³-hybridized carbons (Fsp3) is 0.625. The van der Waals surface area contributed by atoms with Gasteiger partial charge >= 0.3 is 0 Å². The molecule has 4 rings (SSSR count). The summed E-state index contributed by atoms with van der Waals surface area (Å²) < 4.78 is 0. The van der Waals surface area contributed by atoms with Gasteiger partial charge in [0.15, 0.2) is 0 Å². The smallest absolute Gasteiger partial charge is 0.262 e. The largest absolute Gasteiger partial charge is 0.351 e. The maximum Gasteiger partial charge on any atom is 0.262 e. The molecule has 162 valence electrons. The van der Waals surface area contributed by atoms with Gasteiger partial charge < -0.3 is 10.2 Å². The Morgan fingerprint density at radius 3 is 2.10 bits per heavy atom. The molecule has 3 aliphatic rings. The van der Waals surface area contributed by atoms with Crippen LogP contribution in [-0.4, -0.2) is 59.2 Å². The Morgan fingerprint density at radius 1 is 1.00 bits per heavy atom. The monoisotopic (exact) mass is 411 g/mol. The molecule has 1 N–H and O–H groups in total. The summed E-state index contributed by atoms with van der Waals surface area (Å²) in [4.78, 5) is 42.6. The van der Waals surface area contributed by atoms with E-state index in [1.807, 2.05) is 13.8 Å². The van der Waals surface area contributed by atoms with Crippen LogP contribution in [0.25, 0.3) is 0 Å². The second kappa shape index (κ2) is 8.88. The predicted octanol–water partition coefficient (Wildman–Crippen LogP) is 3.08. The van der Waals surface area contributed by atoms with Crippen molar-refractivity contribution in [2.24, 2.45) is 11.8 Å². The number of hydrogen-bond donors (Lipinski definition) is 1. The van der Waals surface area contributed by atoms with E-state index in [0.717, 1.165) is 31.8 Å². The molecule has 2 fully saturated rings. The lowest BCUT2D eigenvalue weighted by atomic mass is 9.98. The Kier molecular flexibility index (Phi) is 6.23. The molecule has 1 atom stereocenters. The predicted molar refractivity (Wildman–Crippen MR) is 115 cm³/mol. The van der Waals surface area contributed by atoms with Gasteiger partial charge in [0, 0.05) is 25.7 Å². The number of hydrogen-bond acceptors (Lipinski definition) is 4. The second-order valence-electron chi connectivity index (χ2n) is 9.45. The van der Waals surface area contributed by atoms with Gasteiger partial charge in [-0.15, -0.1) is 0 Å². The number of nitrogens with one attached hydrogen (secondary N) is 1. The lowest BCUT2D eigenvalue weighted by molar-refractivity contribution is -0.127. The molecule has 3 amide bonds. The van der Waals surface area contributed by atoms with E-state index in [1.54, 1.807) is 24.3 Å². The highest BCUT2D eigenvalue weighted by molar-refractivity contribution is 6.22. The lowest BCUT2D eigenvalue weighted by Gasteiger charge is -2.35. The summed E-state index contributed by atoms with van der Waals surface area (Å²) in [6.07, 6.45) is 7.29. The van der Waals surface area contributed by atoms with Crippen LogP contribution in [0, 0.1) is 11.8 Å². The second-order valence-corrected chi connectivity index (χ2v) is 9.45. The molecule has 1 unspecified atom stereocenters. The molecule has 2 heterocycles. The molecule has 1 aromatic carbocycles. The maximum atomic E-state index is 13.2. The van der Waals surface area contributed by atoms with E-state index in [0.29, 0.717) is 11.1 Å². The molecule has 0 radical (unpaired) electrons. The van der Waals surface area contributed by atoms with Gasteiger partial charge in [-0.25, -0.2) is 0 Å². The lowest BCUT2D eigenvalue weighted by Crippen LogP contribution is -2.55. The normalized spacial score (nSPS) is 22.0. The SMILES string of the molecule is CC(C)C(C(=O)NC1CCN(CC2CCCC2)CC1)N1C(=O)c2ccccc2C1=O. The Bertz CT molecular complexity index is 773. The number of carbonyl (C=O) groups excluding carboxylic acids is 3. The maximum absolute atomic E-state index is 13.2. The highest BCUT2D eigenvalue weighted by Crippen LogP contribution is 2.28. The highest BCUT2D eigenvalue weighted by Gasteiger charge is 2.44. The molecular formula is C24H33N3O3. The first kappa shape index (κ1) is 21.0. The zero-order chi connectivity index (χ0) is 21.3. The first-order valence-electron chi connectivity index (χ1n) is 11.5. The van der Waals surface area contributed by atoms with Crippen molar-refractivity contribution in [3.05, 3.63) is 35.4 Å². The van der Waals surface area contributed by atoms with Gasteiger partial charge in [0.1, 0.15) is 6.04 Å². The van der Waals surface area contributed by atoms with Crippen molar-refractivity contribution in [1.82, 2.24) is 15.1 Å². The van der Waals surface area contributed by atoms with Gasteiger partial charge in [-0.1, -0.05) is 38.8 Å². The molecule has 0 aromatic heterocycles. The molecule has 1 aliphatic carbocycles. The van der Waals surface area contributed by atoms with Crippen molar-refractivity contribution in [2.45, 2.75) is 64.5 Å². The van der Waals surface area contributed by atoms with Crippen LogP contribution in [0.5, 0.6) is 0 Å². The van der Waals surface area contributed by atoms with Crippen LogP contribution in [0.2, 0.25) is 0 Å².